The van der Waals surface area contributed by atoms with E-state index in [1.807, 2.05) is 30.3 Å². The fourth-order valence-electron chi connectivity index (χ4n) is 2.21. The highest BCUT2D eigenvalue weighted by atomic mass is 127. The first-order chi connectivity index (χ1) is 12.0. The van der Waals surface area contributed by atoms with Gasteiger partial charge in [0, 0.05) is 25.5 Å². The van der Waals surface area contributed by atoms with Gasteiger partial charge in [-0.1, -0.05) is 0 Å². The second-order valence-corrected chi connectivity index (χ2v) is 9.23. The molecule has 0 aromatic carbocycles. The number of aryl methyl sites for hydroxylation is 1. The Hall–Kier alpha value is -0.330. The maximum Gasteiger partial charge on any atom is 0.194 e. The van der Waals surface area contributed by atoms with Crippen LogP contribution < -0.4 is 5.32 Å². The molecule has 0 aliphatic rings. The zero-order valence-corrected chi connectivity index (χ0v) is 21.1. The minimum Gasteiger partial charge on any atom is -0.356 e. The van der Waals surface area contributed by atoms with Gasteiger partial charge in [-0.2, -0.15) is 11.8 Å². The van der Waals surface area contributed by atoms with Gasteiger partial charge >= 0.3 is 0 Å². The number of aliphatic imine (C=N–C) groups is 1. The monoisotopic (exact) mass is 572 g/mol. The SMILES string of the molecule is CSCCCNC(=NCc1nnc(C)n1C)N(C)Cc1ccc(Br)s1.I. The van der Waals surface area contributed by atoms with E-state index in [-0.39, 0.29) is 24.0 Å². The summed E-state index contributed by atoms with van der Waals surface area (Å²) in [7, 11) is 4.04. The number of halogens is 2. The van der Waals surface area contributed by atoms with E-state index >= 15 is 0 Å². The number of nitrogens with zero attached hydrogens (tertiary/aromatic N) is 5. The van der Waals surface area contributed by atoms with Gasteiger partial charge in [-0.3, -0.25) is 0 Å². The second kappa shape index (κ2) is 12.2. The highest BCUT2D eigenvalue weighted by Gasteiger charge is 2.10. The van der Waals surface area contributed by atoms with E-state index in [1.54, 1.807) is 11.3 Å². The summed E-state index contributed by atoms with van der Waals surface area (Å²) in [5.41, 5.74) is 0. The van der Waals surface area contributed by atoms with Crippen LogP contribution in [0.4, 0.5) is 0 Å². The maximum atomic E-state index is 4.76. The molecule has 2 heterocycles. The summed E-state index contributed by atoms with van der Waals surface area (Å²) in [6.07, 6.45) is 3.24. The molecule has 2 aromatic heterocycles. The van der Waals surface area contributed by atoms with Gasteiger partial charge < -0.3 is 14.8 Å². The lowest BCUT2D eigenvalue weighted by atomic mass is 10.4. The number of rotatable bonds is 8. The lowest BCUT2D eigenvalue weighted by molar-refractivity contribution is 0.478. The molecule has 0 aliphatic carbocycles. The Bertz CT molecular complexity index is 703. The molecular weight excluding hydrogens is 547 g/mol. The molecule has 0 aliphatic heterocycles. The minimum atomic E-state index is 0. The molecule has 2 rings (SSSR count). The number of aromatic nitrogens is 3. The lowest BCUT2D eigenvalue weighted by Crippen LogP contribution is -2.39. The number of thioether (sulfide) groups is 1. The maximum absolute atomic E-state index is 4.76. The predicted octanol–water partition coefficient (Wildman–Crippen LogP) is 3.90. The average Bonchev–Trinajstić information content (AvgIpc) is 3.13. The van der Waals surface area contributed by atoms with Crippen molar-refractivity contribution in [2.24, 2.45) is 12.0 Å². The number of hydrogen-bond donors (Lipinski definition) is 1. The van der Waals surface area contributed by atoms with Crippen LogP contribution in [0.5, 0.6) is 0 Å². The molecule has 2 aromatic rings. The summed E-state index contributed by atoms with van der Waals surface area (Å²) in [5.74, 6) is 3.81. The van der Waals surface area contributed by atoms with Crippen molar-refractivity contribution in [2.45, 2.75) is 26.4 Å². The van der Waals surface area contributed by atoms with Crippen LogP contribution in [-0.4, -0.2) is 51.2 Å². The van der Waals surface area contributed by atoms with Gasteiger partial charge in [0.1, 0.15) is 12.4 Å². The Morgan fingerprint density at radius 1 is 1.42 bits per heavy atom. The van der Waals surface area contributed by atoms with Crippen molar-refractivity contribution in [1.29, 1.82) is 0 Å². The van der Waals surface area contributed by atoms with Crippen LogP contribution in [0.15, 0.2) is 20.9 Å². The first-order valence-corrected chi connectivity index (χ1v) is 11.1. The minimum absolute atomic E-state index is 0. The van der Waals surface area contributed by atoms with Crippen LogP contribution in [0.25, 0.3) is 0 Å². The second-order valence-electron chi connectivity index (χ2n) is 5.70. The zero-order chi connectivity index (χ0) is 18.2. The van der Waals surface area contributed by atoms with Crippen molar-refractivity contribution in [3.05, 3.63) is 32.4 Å². The fraction of sp³-hybridized carbons (Fsp3) is 0.562. The van der Waals surface area contributed by atoms with Crippen LogP contribution >= 0.6 is 63.0 Å². The normalized spacial score (nSPS) is 11.3. The largest absolute Gasteiger partial charge is 0.356 e. The van der Waals surface area contributed by atoms with Gasteiger partial charge in [-0.15, -0.1) is 45.5 Å². The van der Waals surface area contributed by atoms with Crippen molar-refractivity contribution in [3.8, 4) is 0 Å². The van der Waals surface area contributed by atoms with E-state index in [0.717, 1.165) is 46.7 Å². The van der Waals surface area contributed by atoms with Crippen LogP contribution in [0.1, 0.15) is 22.9 Å². The molecule has 0 spiro atoms. The summed E-state index contributed by atoms with van der Waals surface area (Å²) in [6.45, 7) is 4.20. The Balaban J connectivity index is 0.00000338. The third-order valence-corrected chi connectivity index (χ3v) is 6.05. The third-order valence-electron chi connectivity index (χ3n) is 3.74. The Morgan fingerprint density at radius 3 is 2.77 bits per heavy atom. The lowest BCUT2D eigenvalue weighted by Gasteiger charge is -2.22. The molecule has 0 amide bonds. The number of guanidine groups is 1. The number of thiophene rings is 1. The molecule has 0 bridgehead atoms. The first-order valence-electron chi connectivity index (χ1n) is 8.08. The van der Waals surface area contributed by atoms with Crippen molar-refractivity contribution < 1.29 is 0 Å². The van der Waals surface area contributed by atoms with Gasteiger partial charge in [0.05, 0.1) is 10.3 Å². The highest BCUT2D eigenvalue weighted by molar-refractivity contribution is 14.0. The molecule has 0 radical (unpaired) electrons. The number of hydrogen-bond acceptors (Lipinski definition) is 5. The third kappa shape index (κ3) is 7.35. The van der Waals surface area contributed by atoms with Crippen molar-refractivity contribution in [2.75, 3.05) is 25.6 Å². The molecule has 1 N–H and O–H groups in total. The topological polar surface area (TPSA) is 58.3 Å². The molecule has 0 unspecified atom stereocenters. The van der Waals surface area contributed by atoms with Crippen molar-refractivity contribution in [3.63, 3.8) is 0 Å². The summed E-state index contributed by atoms with van der Waals surface area (Å²) >= 11 is 7.14. The molecule has 0 fully saturated rings. The molecule has 0 atom stereocenters. The van der Waals surface area contributed by atoms with E-state index < -0.39 is 0 Å². The van der Waals surface area contributed by atoms with Gasteiger partial charge in [-0.05, 0) is 53.4 Å². The molecule has 26 heavy (non-hydrogen) atoms. The zero-order valence-electron chi connectivity index (χ0n) is 15.5. The van der Waals surface area contributed by atoms with Crippen molar-refractivity contribution in [1.82, 2.24) is 25.0 Å². The summed E-state index contributed by atoms with van der Waals surface area (Å²) < 4.78 is 3.13. The molecular formula is C16H26BrIN6S2. The van der Waals surface area contributed by atoms with E-state index in [4.69, 9.17) is 4.99 Å². The summed E-state index contributed by atoms with van der Waals surface area (Å²) in [4.78, 5) is 8.21. The predicted molar refractivity (Wildman–Crippen MR) is 127 cm³/mol. The van der Waals surface area contributed by atoms with Crippen LogP contribution in [-0.2, 0) is 20.1 Å². The van der Waals surface area contributed by atoms with Gasteiger partial charge in [0.15, 0.2) is 11.8 Å². The number of nitrogens with one attached hydrogen (secondary N) is 1. The summed E-state index contributed by atoms with van der Waals surface area (Å²) in [6, 6.07) is 4.22. The Morgan fingerprint density at radius 2 is 2.19 bits per heavy atom. The molecule has 0 saturated carbocycles. The molecule has 0 saturated heterocycles. The average molecular weight is 573 g/mol. The van der Waals surface area contributed by atoms with E-state index in [0.29, 0.717) is 6.54 Å². The smallest absolute Gasteiger partial charge is 0.194 e. The van der Waals surface area contributed by atoms with Crippen LogP contribution in [0, 0.1) is 6.92 Å². The summed E-state index contributed by atoms with van der Waals surface area (Å²) in [5, 5.41) is 11.8. The Labute approximate surface area is 189 Å². The van der Waals surface area contributed by atoms with Gasteiger partial charge in [0.2, 0.25) is 0 Å². The molecule has 10 heteroatoms. The molecule has 6 nitrogen and oxygen atoms in total. The first kappa shape index (κ1) is 23.7. The van der Waals surface area contributed by atoms with Crippen molar-refractivity contribution >= 4 is 69.0 Å². The van der Waals surface area contributed by atoms with E-state index in [1.165, 1.54) is 4.88 Å². The molecule has 146 valence electrons. The Kier molecular flexibility index (Phi) is 11.1. The standard InChI is InChI=1S/C16H25BrN6S2.HI/c1-12-20-21-15(23(12)3)10-19-16(18-8-5-9-24-4)22(2)11-13-6-7-14(17)25-13;/h6-7H,5,8-11H2,1-4H3,(H,18,19);1H. The highest BCUT2D eigenvalue weighted by Crippen LogP contribution is 2.23. The van der Waals surface area contributed by atoms with Crippen LogP contribution in [0.3, 0.4) is 0 Å². The van der Waals surface area contributed by atoms with Crippen LogP contribution in [0.2, 0.25) is 0 Å². The quantitative estimate of drug-likeness (QED) is 0.225. The van der Waals surface area contributed by atoms with E-state index in [9.17, 15) is 0 Å². The van der Waals surface area contributed by atoms with Gasteiger partial charge in [0.25, 0.3) is 0 Å². The fourth-order valence-corrected chi connectivity index (χ4v) is 4.18. The van der Waals surface area contributed by atoms with E-state index in [2.05, 4.69) is 61.8 Å². The van der Waals surface area contributed by atoms with Gasteiger partial charge in [-0.25, -0.2) is 4.99 Å².